The second kappa shape index (κ2) is 8.13. The molecule has 0 spiro atoms. The molecule has 1 N–H and O–H groups in total. The van der Waals surface area contributed by atoms with Crippen molar-refractivity contribution < 1.29 is 5.11 Å². The number of aliphatic hydroxyl groups excluding tert-OH is 1. The molecule has 2 aromatic rings. The maximum atomic E-state index is 9.63. The molecule has 0 aliphatic carbocycles. The normalized spacial score (nSPS) is 11.5. The molecule has 0 unspecified atom stereocenters. The summed E-state index contributed by atoms with van der Waals surface area (Å²) in [5, 5.41) is 10.4. The summed E-state index contributed by atoms with van der Waals surface area (Å²) in [7, 11) is 0. The van der Waals surface area contributed by atoms with Crippen LogP contribution in [0.1, 0.15) is 69.0 Å². The van der Waals surface area contributed by atoms with Crippen molar-refractivity contribution in [3.63, 3.8) is 0 Å². The molecule has 0 saturated carbocycles. The molecule has 1 heterocycles. The fourth-order valence-corrected chi connectivity index (χ4v) is 3.47. The van der Waals surface area contributed by atoms with Crippen LogP contribution in [-0.4, -0.2) is 16.7 Å². The third-order valence-electron chi connectivity index (χ3n) is 4.40. The smallest absolute Gasteiger partial charge is 0.0472 e. The van der Waals surface area contributed by atoms with Gasteiger partial charge in [-0.2, -0.15) is 0 Å². The standard InChI is InChI=1S/C21H28ClNO/c1-6-17-19(15-7-9-16(22)10-8-15)18(11-12-24)21(14(4)5)23-20(17)13(2)3/h7-10,13-14,24H,6,11-12H2,1-5H3. The third-order valence-corrected chi connectivity index (χ3v) is 4.66. The number of pyridine rings is 1. The van der Waals surface area contributed by atoms with Gasteiger partial charge in [-0.05, 0) is 59.1 Å². The summed E-state index contributed by atoms with van der Waals surface area (Å²) < 4.78 is 0. The van der Waals surface area contributed by atoms with Crippen LogP contribution in [-0.2, 0) is 12.8 Å². The average molecular weight is 346 g/mol. The second-order valence-electron chi connectivity index (χ2n) is 6.86. The van der Waals surface area contributed by atoms with Gasteiger partial charge >= 0.3 is 0 Å². The minimum atomic E-state index is 0.131. The summed E-state index contributed by atoms with van der Waals surface area (Å²) >= 11 is 6.08. The zero-order chi connectivity index (χ0) is 17.9. The van der Waals surface area contributed by atoms with E-state index in [0.717, 1.165) is 22.7 Å². The molecule has 0 radical (unpaired) electrons. The van der Waals surface area contributed by atoms with Gasteiger partial charge < -0.3 is 5.11 Å². The number of hydrogen-bond acceptors (Lipinski definition) is 2. The van der Waals surface area contributed by atoms with E-state index in [2.05, 4.69) is 46.8 Å². The van der Waals surface area contributed by atoms with E-state index in [9.17, 15) is 5.11 Å². The molecule has 1 aromatic carbocycles. The lowest BCUT2D eigenvalue weighted by molar-refractivity contribution is 0.299. The van der Waals surface area contributed by atoms with E-state index in [1.165, 1.54) is 22.4 Å². The van der Waals surface area contributed by atoms with E-state index in [-0.39, 0.29) is 6.61 Å². The highest BCUT2D eigenvalue weighted by Gasteiger charge is 2.22. The van der Waals surface area contributed by atoms with Crippen molar-refractivity contribution in [3.05, 3.63) is 51.8 Å². The molecular formula is C21H28ClNO. The lowest BCUT2D eigenvalue weighted by Gasteiger charge is -2.24. The van der Waals surface area contributed by atoms with Crippen molar-refractivity contribution in [2.45, 2.75) is 59.3 Å². The molecule has 130 valence electrons. The molecule has 24 heavy (non-hydrogen) atoms. The first kappa shape index (κ1) is 19.0. The fraction of sp³-hybridized carbons (Fsp3) is 0.476. The van der Waals surface area contributed by atoms with E-state index in [1.54, 1.807) is 0 Å². The highest BCUT2D eigenvalue weighted by atomic mass is 35.5. The highest BCUT2D eigenvalue weighted by molar-refractivity contribution is 6.30. The van der Waals surface area contributed by atoms with Gasteiger partial charge in [0, 0.05) is 23.0 Å². The number of halogens is 1. The number of aromatic nitrogens is 1. The van der Waals surface area contributed by atoms with Crippen molar-refractivity contribution in [1.29, 1.82) is 0 Å². The summed E-state index contributed by atoms with van der Waals surface area (Å²) in [5.74, 6) is 0.688. The average Bonchev–Trinajstić information content (AvgIpc) is 2.54. The monoisotopic (exact) mass is 345 g/mol. The fourth-order valence-electron chi connectivity index (χ4n) is 3.35. The zero-order valence-electron chi connectivity index (χ0n) is 15.4. The third kappa shape index (κ3) is 3.81. The molecule has 2 rings (SSSR count). The molecule has 0 aliphatic rings. The second-order valence-corrected chi connectivity index (χ2v) is 7.29. The molecule has 2 nitrogen and oxygen atoms in total. The molecule has 0 aliphatic heterocycles. The van der Waals surface area contributed by atoms with E-state index in [1.807, 2.05) is 12.1 Å². The largest absolute Gasteiger partial charge is 0.396 e. The predicted octanol–water partition coefficient (Wildman–Crippen LogP) is 5.75. The lowest BCUT2D eigenvalue weighted by Crippen LogP contribution is -2.13. The van der Waals surface area contributed by atoms with E-state index >= 15 is 0 Å². The van der Waals surface area contributed by atoms with Crippen molar-refractivity contribution >= 4 is 11.6 Å². The molecule has 0 saturated heterocycles. The van der Waals surface area contributed by atoms with Crippen LogP contribution in [0, 0.1) is 0 Å². The van der Waals surface area contributed by atoms with Crippen LogP contribution in [0.3, 0.4) is 0 Å². The van der Waals surface area contributed by atoms with Crippen LogP contribution >= 0.6 is 11.6 Å². The highest BCUT2D eigenvalue weighted by Crippen LogP contribution is 2.37. The van der Waals surface area contributed by atoms with Gasteiger partial charge in [-0.1, -0.05) is 58.4 Å². The molecular weight excluding hydrogens is 318 g/mol. The number of nitrogens with zero attached hydrogens (tertiary/aromatic N) is 1. The Bertz CT molecular complexity index is 690. The summed E-state index contributed by atoms with van der Waals surface area (Å²) in [5.41, 5.74) is 7.15. The van der Waals surface area contributed by atoms with Gasteiger partial charge in [-0.25, -0.2) is 0 Å². The molecule has 0 amide bonds. The minimum Gasteiger partial charge on any atom is -0.396 e. The van der Waals surface area contributed by atoms with Gasteiger partial charge in [0.25, 0.3) is 0 Å². The molecule has 0 bridgehead atoms. The minimum absolute atomic E-state index is 0.131. The summed E-state index contributed by atoms with van der Waals surface area (Å²) in [6.07, 6.45) is 1.55. The van der Waals surface area contributed by atoms with Gasteiger partial charge in [0.2, 0.25) is 0 Å². The predicted molar refractivity (Wildman–Crippen MR) is 103 cm³/mol. The Kier molecular flexibility index (Phi) is 6.42. The van der Waals surface area contributed by atoms with Crippen LogP contribution in [0.4, 0.5) is 0 Å². The van der Waals surface area contributed by atoms with Crippen LogP contribution < -0.4 is 0 Å². The van der Waals surface area contributed by atoms with Gasteiger partial charge in [0.05, 0.1) is 0 Å². The van der Waals surface area contributed by atoms with Gasteiger partial charge in [0.15, 0.2) is 0 Å². The van der Waals surface area contributed by atoms with Crippen LogP contribution in [0.15, 0.2) is 24.3 Å². The summed E-state index contributed by atoms with van der Waals surface area (Å²) in [4.78, 5) is 5.03. The first-order valence-corrected chi connectivity index (χ1v) is 9.20. The SMILES string of the molecule is CCc1c(C(C)C)nc(C(C)C)c(CCO)c1-c1ccc(Cl)cc1. The Balaban J connectivity index is 2.86. The van der Waals surface area contributed by atoms with Crippen molar-refractivity contribution in [3.8, 4) is 11.1 Å². The lowest BCUT2D eigenvalue weighted by atomic mass is 9.85. The Labute approximate surface area is 150 Å². The van der Waals surface area contributed by atoms with Crippen LogP contribution in [0.2, 0.25) is 5.02 Å². The summed E-state index contributed by atoms with van der Waals surface area (Å²) in [6.45, 7) is 11.0. The Morgan fingerprint density at radius 1 is 0.958 bits per heavy atom. The number of benzene rings is 1. The van der Waals surface area contributed by atoms with Crippen LogP contribution in [0.5, 0.6) is 0 Å². The van der Waals surface area contributed by atoms with Gasteiger partial charge in [0.1, 0.15) is 0 Å². The van der Waals surface area contributed by atoms with Gasteiger partial charge in [-0.15, -0.1) is 0 Å². The molecule has 3 heteroatoms. The summed E-state index contributed by atoms with van der Waals surface area (Å²) in [6, 6.07) is 8.02. The quantitative estimate of drug-likeness (QED) is 0.723. The van der Waals surface area contributed by atoms with Crippen molar-refractivity contribution in [2.24, 2.45) is 0 Å². The topological polar surface area (TPSA) is 33.1 Å². The Morgan fingerprint density at radius 2 is 1.50 bits per heavy atom. The van der Waals surface area contributed by atoms with E-state index < -0.39 is 0 Å². The Morgan fingerprint density at radius 3 is 1.96 bits per heavy atom. The molecule has 0 fully saturated rings. The maximum Gasteiger partial charge on any atom is 0.0472 e. The van der Waals surface area contributed by atoms with Crippen LogP contribution in [0.25, 0.3) is 11.1 Å². The zero-order valence-corrected chi connectivity index (χ0v) is 16.1. The number of rotatable bonds is 6. The first-order valence-electron chi connectivity index (χ1n) is 8.82. The van der Waals surface area contributed by atoms with Crippen molar-refractivity contribution in [2.75, 3.05) is 6.61 Å². The van der Waals surface area contributed by atoms with E-state index in [0.29, 0.717) is 18.3 Å². The first-order chi connectivity index (χ1) is 11.4. The number of hydrogen-bond donors (Lipinski definition) is 1. The van der Waals surface area contributed by atoms with E-state index in [4.69, 9.17) is 16.6 Å². The molecule has 1 aromatic heterocycles. The van der Waals surface area contributed by atoms with Gasteiger partial charge in [-0.3, -0.25) is 4.98 Å². The maximum absolute atomic E-state index is 9.63. The number of aliphatic hydroxyl groups is 1. The molecule has 0 atom stereocenters. The Hall–Kier alpha value is -1.38. The van der Waals surface area contributed by atoms with Crippen molar-refractivity contribution in [1.82, 2.24) is 4.98 Å².